The van der Waals surface area contributed by atoms with E-state index in [1.54, 1.807) is 20.8 Å². The molecule has 0 radical (unpaired) electrons. The minimum atomic E-state index is -0.747. The maximum Gasteiger partial charge on any atom is 0.422 e. The molecule has 2 N–H and O–H groups in total. The number of carbonyl (C=O) groups excluding carboxylic acids is 2. The molecule has 1 amide bonds. The smallest absolute Gasteiger partial charge is 0.422 e. The van der Waals surface area contributed by atoms with Gasteiger partial charge in [0, 0.05) is 6.42 Å². The highest BCUT2D eigenvalue weighted by Crippen LogP contribution is 2.08. The highest BCUT2D eigenvalue weighted by Gasteiger charge is 2.23. The minimum Gasteiger partial charge on any atom is -0.460 e. The first-order chi connectivity index (χ1) is 12.8. The van der Waals surface area contributed by atoms with Crippen molar-refractivity contribution in [2.45, 2.75) is 45.4 Å². The zero-order chi connectivity index (χ0) is 19.7. The van der Waals surface area contributed by atoms with Crippen LogP contribution in [0.2, 0.25) is 0 Å². The molecule has 0 aliphatic rings. The highest BCUT2D eigenvalue weighted by atomic mass is 16.6. The summed E-state index contributed by atoms with van der Waals surface area (Å²) in [6.07, 6.45) is -0.291. The third kappa shape index (κ3) is 7.92. The van der Waals surface area contributed by atoms with Gasteiger partial charge in [-0.05, 0) is 31.9 Å². The second-order valence-electron chi connectivity index (χ2n) is 7.11. The van der Waals surface area contributed by atoms with Crippen LogP contribution in [-0.4, -0.2) is 23.7 Å². The fourth-order valence-electron chi connectivity index (χ4n) is 2.32. The van der Waals surface area contributed by atoms with E-state index >= 15 is 0 Å². The molecule has 6 heteroatoms. The molecule has 0 aliphatic heterocycles. The molecule has 2 rings (SSSR count). The Balaban J connectivity index is 1.97. The van der Waals surface area contributed by atoms with E-state index in [2.05, 4.69) is 10.9 Å². The lowest BCUT2D eigenvalue weighted by molar-refractivity contribution is -0.147. The van der Waals surface area contributed by atoms with E-state index in [0.717, 1.165) is 11.1 Å². The predicted octanol–water partition coefficient (Wildman–Crippen LogP) is 3.37. The van der Waals surface area contributed by atoms with Crippen LogP contribution in [0.3, 0.4) is 0 Å². The normalized spacial score (nSPS) is 12.1. The van der Waals surface area contributed by atoms with Crippen molar-refractivity contribution in [3.8, 4) is 0 Å². The van der Waals surface area contributed by atoms with E-state index in [-0.39, 0.29) is 6.61 Å². The molecule has 0 heterocycles. The van der Waals surface area contributed by atoms with Crippen molar-refractivity contribution in [3.63, 3.8) is 0 Å². The van der Waals surface area contributed by atoms with Crippen molar-refractivity contribution < 1.29 is 19.1 Å². The van der Waals surface area contributed by atoms with Gasteiger partial charge >= 0.3 is 12.1 Å². The molecule has 6 nitrogen and oxygen atoms in total. The van der Waals surface area contributed by atoms with E-state index in [1.807, 2.05) is 60.7 Å². The second kappa shape index (κ2) is 9.73. The van der Waals surface area contributed by atoms with E-state index in [9.17, 15) is 9.59 Å². The van der Waals surface area contributed by atoms with Gasteiger partial charge in [-0.2, -0.15) is 0 Å². The summed E-state index contributed by atoms with van der Waals surface area (Å²) in [6.45, 7) is 5.46. The molecule has 27 heavy (non-hydrogen) atoms. The Morgan fingerprint density at radius 2 is 1.48 bits per heavy atom. The van der Waals surface area contributed by atoms with Gasteiger partial charge in [-0.15, -0.1) is 0 Å². The van der Waals surface area contributed by atoms with Gasteiger partial charge in [0.15, 0.2) is 0 Å². The van der Waals surface area contributed by atoms with Crippen molar-refractivity contribution >= 4 is 12.1 Å². The van der Waals surface area contributed by atoms with Gasteiger partial charge in [0.1, 0.15) is 18.2 Å². The summed E-state index contributed by atoms with van der Waals surface area (Å²) >= 11 is 0. The molecule has 0 unspecified atom stereocenters. The number of benzene rings is 2. The lowest BCUT2D eigenvalue weighted by atomic mass is 10.1. The number of hydrogen-bond donors (Lipinski definition) is 2. The lowest BCUT2D eigenvalue weighted by Crippen LogP contribution is -2.51. The van der Waals surface area contributed by atoms with Gasteiger partial charge in [0.2, 0.25) is 0 Å². The highest BCUT2D eigenvalue weighted by molar-refractivity contribution is 5.77. The van der Waals surface area contributed by atoms with Crippen LogP contribution in [0.4, 0.5) is 4.79 Å². The summed E-state index contributed by atoms with van der Waals surface area (Å²) in [4.78, 5) is 24.4. The predicted molar refractivity (Wildman–Crippen MR) is 103 cm³/mol. The quantitative estimate of drug-likeness (QED) is 0.577. The largest absolute Gasteiger partial charge is 0.460 e. The van der Waals surface area contributed by atoms with Gasteiger partial charge < -0.3 is 9.47 Å². The van der Waals surface area contributed by atoms with Crippen LogP contribution >= 0.6 is 0 Å². The fourth-order valence-corrected chi connectivity index (χ4v) is 2.32. The van der Waals surface area contributed by atoms with Crippen molar-refractivity contribution in [2.24, 2.45) is 0 Å². The summed E-state index contributed by atoms with van der Waals surface area (Å²) in [5.74, 6) is -0.459. The van der Waals surface area contributed by atoms with Gasteiger partial charge in [-0.25, -0.2) is 10.2 Å². The summed E-state index contributed by atoms with van der Waals surface area (Å²) in [5, 5.41) is 0. The molecule has 0 bridgehead atoms. The van der Waals surface area contributed by atoms with E-state index < -0.39 is 23.7 Å². The number of hydrazine groups is 1. The van der Waals surface area contributed by atoms with Crippen LogP contribution in [-0.2, 0) is 27.3 Å². The van der Waals surface area contributed by atoms with Crippen molar-refractivity contribution in [1.29, 1.82) is 0 Å². The summed E-state index contributed by atoms with van der Waals surface area (Å²) in [6, 6.07) is 18.2. The molecule has 0 aliphatic carbocycles. The molecule has 0 saturated carbocycles. The first kappa shape index (κ1) is 20.5. The molecular formula is C21H26N2O4. The average molecular weight is 370 g/mol. The zero-order valence-corrected chi connectivity index (χ0v) is 15.9. The maximum absolute atomic E-state index is 12.5. The molecule has 0 aromatic heterocycles. The molecular weight excluding hydrogens is 344 g/mol. The molecule has 0 saturated heterocycles. The van der Waals surface area contributed by atoms with Crippen LogP contribution in [0.15, 0.2) is 60.7 Å². The fraction of sp³-hybridized carbons (Fsp3) is 0.333. The Morgan fingerprint density at radius 1 is 0.926 bits per heavy atom. The SMILES string of the molecule is CC(C)(C)OC(=O)NN[C@H](Cc1ccccc1)C(=O)OCc1ccccc1. The Morgan fingerprint density at radius 3 is 2.04 bits per heavy atom. The lowest BCUT2D eigenvalue weighted by Gasteiger charge is -2.22. The molecule has 0 fully saturated rings. The van der Waals surface area contributed by atoms with Crippen molar-refractivity contribution in [2.75, 3.05) is 0 Å². The summed E-state index contributed by atoms with van der Waals surface area (Å²) < 4.78 is 10.6. The summed E-state index contributed by atoms with van der Waals surface area (Å²) in [7, 11) is 0. The monoisotopic (exact) mass is 370 g/mol. The molecule has 144 valence electrons. The van der Waals surface area contributed by atoms with Crippen LogP contribution in [0.5, 0.6) is 0 Å². The Labute approximate surface area is 159 Å². The van der Waals surface area contributed by atoms with Gasteiger partial charge in [-0.3, -0.25) is 10.2 Å². The van der Waals surface area contributed by atoms with Crippen LogP contribution in [0, 0.1) is 0 Å². The number of carbonyl (C=O) groups is 2. The summed E-state index contributed by atoms with van der Waals surface area (Å²) in [5.41, 5.74) is 6.36. The number of ether oxygens (including phenoxy) is 2. The van der Waals surface area contributed by atoms with Gasteiger partial charge in [0.25, 0.3) is 0 Å². The Kier molecular flexibility index (Phi) is 7.37. The van der Waals surface area contributed by atoms with Gasteiger partial charge in [0.05, 0.1) is 0 Å². The number of nitrogens with one attached hydrogen (secondary N) is 2. The van der Waals surface area contributed by atoms with Crippen LogP contribution < -0.4 is 10.9 Å². The first-order valence-electron chi connectivity index (χ1n) is 8.82. The topological polar surface area (TPSA) is 76.7 Å². The molecule has 1 atom stereocenters. The van der Waals surface area contributed by atoms with Crippen molar-refractivity contribution in [1.82, 2.24) is 10.9 Å². The van der Waals surface area contributed by atoms with Crippen molar-refractivity contribution in [3.05, 3.63) is 71.8 Å². The Hall–Kier alpha value is -2.86. The number of esters is 1. The molecule has 2 aromatic rings. The van der Waals surface area contributed by atoms with E-state index in [0.29, 0.717) is 6.42 Å². The molecule has 2 aromatic carbocycles. The number of amides is 1. The second-order valence-corrected chi connectivity index (χ2v) is 7.11. The van der Waals surface area contributed by atoms with E-state index in [4.69, 9.17) is 9.47 Å². The standard InChI is InChI=1S/C21H26N2O4/c1-21(2,3)27-20(25)23-22-18(14-16-10-6-4-7-11-16)19(24)26-15-17-12-8-5-9-13-17/h4-13,18,22H,14-15H2,1-3H3,(H,23,25)/t18-/m1/s1. The van der Waals surface area contributed by atoms with E-state index in [1.165, 1.54) is 0 Å². The molecule has 0 spiro atoms. The van der Waals surface area contributed by atoms with Crippen LogP contribution in [0.1, 0.15) is 31.9 Å². The average Bonchev–Trinajstić information content (AvgIpc) is 2.63. The Bertz CT molecular complexity index is 727. The number of hydrogen-bond acceptors (Lipinski definition) is 5. The zero-order valence-electron chi connectivity index (χ0n) is 15.9. The third-order valence-corrected chi connectivity index (χ3v) is 3.54. The van der Waals surface area contributed by atoms with Crippen LogP contribution in [0.25, 0.3) is 0 Å². The third-order valence-electron chi connectivity index (χ3n) is 3.54. The minimum absolute atomic E-state index is 0.166. The first-order valence-corrected chi connectivity index (χ1v) is 8.82. The number of rotatable bonds is 7. The van der Waals surface area contributed by atoms with Gasteiger partial charge in [-0.1, -0.05) is 60.7 Å². The maximum atomic E-state index is 12.5.